The molecule has 2 atom stereocenters. The lowest BCUT2D eigenvalue weighted by Crippen LogP contribution is -2.31. The van der Waals surface area contributed by atoms with Gasteiger partial charge in [0.1, 0.15) is 0 Å². The Balaban J connectivity index is 2.18. The summed E-state index contributed by atoms with van der Waals surface area (Å²) in [7, 11) is 4.29. The molecule has 1 saturated heterocycles. The Morgan fingerprint density at radius 2 is 0.875 bits per heavy atom. The minimum atomic E-state index is -0.346. The van der Waals surface area contributed by atoms with E-state index in [0.717, 1.165) is 58.1 Å². The molecule has 1 aliphatic rings. The fraction of sp³-hybridized carbons (Fsp3) is 0.778. The summed E-state index contributed by atoms with van der Waals surface area (Å²) >= 11 is 0. The Labute approximate surface area is 300 Å². The van der Waals surface area contributed by atoms with Crippen LogP contribution in [-0.4, -0.2) is 44.0 Å². The molecule has 0 N–H and O–H groups in total. The zero-order chi connectivity index (χ0) is 34.6. The van der Waals surface area contributed by atoms with Crippen LogP contribution in [0.5, 0.6) is 0 Å². The van der Waals surface area contributed by atoms with Crippen LogP contribution >= 0.6 is 0 Å². The first-order valence-electron chi connectivity index (χ1n) is 20.8. The topological polar surface area (TPSA) is 21.7 Å². The number of allylic oxidation sites excluding steroid dienone is 10. The summed E-state index contributed by atoms with van der Waals surface area (Å²) in [5, 5.41) is 0. The highest BCUT2D eigenvalue weighted by atomic mass is 16.7. The van der Waals surface area contributed by atoms with E-state index in [0.29, 0.717) is 0 Å². The Kier molecular flexibility index (Phi) is 31.6. The minimum absolute atomic E-state index is 0.245. The van der Waals surface area contributed by atoms with Crippen LogP contribution < -0.4 is 0 Å². The Hall–Kier alpha value is -1.42. The maximum absolute atomic E-state index is 6.66. The van der Waals surface area contributed by atoms with E-state index in [1.165, 1.54) is 128 Å². The molecule has 1 heterocycles. The summed E-state index contributed by atoms with van der Waals surface area (Å²) in [5.41, 5.74) is 0. The summed E-state index contributed by atoms with van der Waals surface area (Å²) in [4.78, 5) is 2.25. The molecule has 0 aromatic rings. The maximum Gasteiger partial charge on any atom is 0.168 e. The monoisotopic (exact) mass is 668 g/mol. The third-order valence-electron chi connectivity index (χ3n) is 9.52. The molecule has 0 aromatic heterocycles. The molecule has 0 bridgehead atoms. The predicted octanol–water partition coefficient (Wildman–Crippen LogP) is 14.0. The third kappa shape index (κ3) is 28.4. The van der Waals surface area contributed by atoms with Crippen LogP contribution in [0.2, 0.25) is 0 Å². The van der Waals surface area contributed by atoms with E-state index in [4.69, 9.17) is 9.47 Å². The van der Waals surface area contributed by atoms with Crippen molar-refractivity contribution in [2.75, 3.05) is 27.2 Å². The fourth-order valence-electron chi connectivity index (χ4n) is 6.41. The van der Waals surface area contributed by atoms with Gasteiger partial charge in [-0.1, -0.05) is 145 Å². The maximum atomic E-state index is 6.66. The van der Waals surface area contributed by atoms with Crippen molar-refractivity contribution in [3.63, 3.8) is 0 Å². The first kappa shape index (κ1) is 44.6. The van der Waals surface area contributed by atoms with Gasteiger partial charge in [-0.15, -0.1) is 0 Å². The van der Waals surface area contributed by atoms with E-state index >= 15 is 0 Å². The van der Waals surface area contributed by atoms with Crippen LogP contribution in [0.25, 0.3) is 0 Å². The minimum Gasteiger partial charge on any atom is -0.347 e. The summed E-state index contributed by atoms with van der Waals surface area (Å²) < 4.78 is 13.1. The van der Waals surface area contributed by atoms with Gasteiger partial charge < -0.3 is 14.4 Å². The van der Waals surface area contributed by atoms with Crippen LogP contribution in [0.1, 0.15) is 187 Å². The van der Waals surface area contributed by atoms with Crippen molar-refractivity contribution >= 4 is 0 Å². The molecule has 0 aliphatic carbocycles. The molecule has 1 fully saturated rings. The molecular formula is C45H81NO2. The average Bonchev–Trinajstić information content (AvgIpc) is 3.49. The van der Waals surface area contributed by atoms with Crippen molar-refractivity contribution in [1.29, 1.82) is 0 Å². The van der Waals surface area contributed by atoms with Crippen molar-refractivity contribution in [3.8, 4) is 0 Å². The zero-order valence-corrected chi connectivity index (χ0v) is 32.6. The van der Waals surface area contributed by atoms with E-state index in [1.54, 1.807) is 0 Å². The lowest BCUT2D eigenvalue weighted by atomic mass is 9.99. The van der Waals surface area contributed by atoms with E-state index in [2.05, 4.69) is 93.6 Å². The second-order valence-corrected chi connectivity index (χ2v) is 14.6. The van der Waals surface area contributed by atoms with Gasteiger partial charge in [-0.3, -0.25) is 0 Å². The Bertz CT molecular complexity index is 825. The molecule has 0 aromatic carbocycles. The Morgan fingerprint density at radius 1 is 0.500 bits per heavy atom. The summed E-state index contributed by atoms with van der Waals surface area (Å²) in [6, 6.07) is 0. The van der Waals surface area contributed by atoms with Gasteiger partial charge in [0.15, 0.2) is 5.79 Å². The number of nitrogens with zero attached hydrogens (tertiary/aromatic N) is 1. The molecule has 0 amide bonds. The molecule has 0 spiro atoms. The van der Waals surface area contributed by atoms with Crippen LogP contribution in [0.4, 0.5) is 0 Å². The SMILES string of the molecule is CCCCCCC=CCC=CCC=CCCCCC1(CCCCCCCCC=CCC=CCCCCCCC)OCC(CCN(C)C)O1. The molecule has 278 valence electrons. The Morgan fingerprint density at radius 3 is 1.35 bits per heavy atom. The number of ether oxygens (including phenoxy) is 2. The second-order valence-electron chi connectivity index (χ2n) is 14.6. The normalized spacial score (nSPS) is 18.9. The average molecular weight is 668 g/mol. The number of rotatable bonds is 34. The van der Waals surface area contributed by atoms with Gasteiger partial charge in [-0.2, -0.15) is 0 Å². The van der Waals surface area contributed by atoms with Crippen LogP contribution in [0.3, 0.4) is 0 Å². The smallest absolute Gasteiger partial charge is 0.168 e. The molecule has 1 aliphatic heterocycles. The number of unbranched alkanes of at least 4 members (excludes halogenated alkanes) is 17. The lowest BCUT2D eigenvalue weighted by molar-refractivity contribution is -0.180. The quantitative estimate of drug-likeness (QED) is 0.0503. The summed E-state index contributed by atoms with van der Waals surface area (Å²) in [6.07, 6.45) is 57.4. The zero-order valence-electron chi connectivity index (χ0n) is 32.6. The van der Waals surface area contributed by atoms with Crippen LogP contribution in [0.15, 0.2) is 60.8 Å². The molecule has 3 heteroatoms. The van der Waals surface area contributed by atoms with Crippen molar-refractivity contribution in [2.24, 2.45) is 0 Å². The third-order valence-corrected chi connectivity index (χ3v) is 9.52. The van der Waals surface area contributed by atoms with Crippen molar-refractivity contribution in [3.05, 3.63) is 60.8 Å². The van der Waals surface area contributed by atoms with Crippen molar-refractivity contribution in [2.45, 2.75) is 199 Å². The van der Waals surface area contributed by atoms with Crippen LogP contribution in [-0.2, 0) is 9.47 Å². The highest BCUT2D eigenvalue weighted by molar-refractivity contribution is 4.97. The second kappa shape index (κ2) is 34.0. The first-order valence-corrected chi connectivity index (χ1v) is 20.8. The van der Waals surface area contributed by atoms with E-state index in [-0.39, 0.29) is 11.9 Å². The highest BCUT2D eigenvalue weighted by Crippen LogP contribution is 2.35. The number of hydrogen-bond acceptors (Lipinski definition) is 3. The lowest BCUT2D eigenvalue weighted by Gasteiger charge is -2.28. The number of hydrogen-bond donors (Lipinski definition) is 0. The van der Waals surface area contributed by atoms with Crippen molar-refractivity contribution in [1.82, 2.24) is 4.90 Å². The highest BCUT2D eigenvalue weighted by Gasteiger charge is 2.40. The van der Waals surface area contributed by atoms with Gasteiger partial charge in [0, 0.05) is 19.4 Å². The molecular weight excluding hydrogens is 587 g/mol. The molecule has 0 radical (unpaired) electrons. The van der Waals surface area contributed by atoms with E-state index in [1.807, 2.05) is 0 Å². The molecule has 0 saturated carbocycles. The van der Waals surface area contributed by atoms with E-state index in [9.17, 15) is 0 Å². The standard InChI is InChI=1S/C45H81NO2/c1-5-7-9-11-13-15-17-19-21-23-24-26-28-30-32-34-36-38-41-45(47-43-44(48-45)39-42-46(3)4)40-37-35-33-31-29-27-25-22-20-18-16-14-12-10-8-6-2/h16-19,22-25,29,31,44H,5-15,20-21,26-28,30,32-43H2,1-4H3. The molecule has 1 rings (SSSR count). The fourth-order valence-corrected chi connectivity index (χ4v) is 6.41. The molecule has 48 heavy (non-hydrogen) atoms. The molecule has 2 unspecified atom stereocenters. The first-order chi connectivity index (χ1) is 23.6. The summed E-state index contributed by atoms with van der Waals surface area (Å²) in [5.74, 6) is -0.346. The van der Waals surface area contributed by atoms with Gasteiger partial charge in [0.2, 0.25) is 0 Å². The largest absolute Gasteiger partial charge is 0.347 e. The van der Waals surface area contributed by atoms with Gasteiger partial charge >= 0.3 is 0 Å². The van der Waals surface area contributed by atoms with Crippen molar-refractivity contribution < 1.29 is 9.47 Å². The van der Waals surface area contributed by atoms with E-state index < -0.39 is 0 Å². The van der Waals surface area contributed by atoms with Crippen LogP contribution in [0, 0.1) is 0 Å². The summed E-state index contributed by atoms with van der Waals surface area (Å²) in [6.45, 7) is 6.37. The molecule has 3 nitrogen and oxygen atoms in total. The van der Waals surface area contributed by atoms with Gasteiger partial charge in [0.25, 0.3) is 0 Å². The van der Waals surface area contributed by atoms with Gasteiger partial charge in [-0.05, 0) is 104 Å². The predicted molar refractivity (Wildman–Crippen MR) is 214 cm³/mol. The van der Waals surface area contributed by atoms with Gasteiger partial charge in [-0.25, -0.2) is 0 Å². The van der Waals surface area contributed by atoms with Gasteiger partial charge in [0.05, 0.1) is 12.7 Å².